The molecule has 1 amide bonds. The summed E-state index contributed by atoms with van der Waals surface area (Å²) in [5, 5.41) is 18.2. The maximum Gasteiger partial charge on any atom is 0.323 e. The van der Waals surface area contributed by atoms with Crippen molar-refractivity contribution in [1.82, 2.24) is 9.97 Å². The normalized spacial score (nSPS) is 10.0. The van der Waals surface area contributed by atoms with Gasteiger partial charge in [0.2, 0.25) is 0 Å². The van der Waals surface area contributed by atoms with E-state index in [1.165, 1.54) is 42.9 Å². The quantitative estimate of drug-likeness (QED) is 0.858. The van der Waals surface area contributed by atoms with Gasteiger partial charge in [-0.2, -0.15) is 0 Å². The van der Waals surface area contributed by atoms with Crippen LogP contribution in [0.15, 0.2) is 42.9 Å². The van der Waals surface area contributed by atoms with Gasteiger partial charge in [-0.05, 0) is 24.3 Å². The number of amides is 1. The van der Waals surface area contributed by atoms with Gasteiger partial charge in [0, 0.05) is 18.1 Å². The highest BCUT2D eigenvalue weighted by Gasteiger charge is 2.21. The van der Waals surface area contributed by atoms with Crippen molar-refractivity contribution < 1.29 is 19.8 Å². The molecule has 2 rings (SSSR count). The van der Waals surface area contributed by atoms with Gasteiger partial charge in [0.1, 0.15) is 18.0 Å². The van der Waals surface area contributed by atoms with Gasteiger partial charge in [-0.15, -0.1) is 0 Å². The zero-order chi connectivity index (χ0) is 14.5. The number of carbonyl (C=O) groups excluding carboxylic acids is 1. The van der Waals surface area contributed by atoms with E-state index in [9.17, 15) is 14.7 Å². The van der Waals surface area contributed by atoms with Crippen molar-refractivity contribution in [2.24, 2.45) is 0 Å². The van der Waals surface area contributed by atoms with Crippen LogP contribution in [0, 0.1) is 0 Å². The molecule has 0 unspecified atom stereocenters. The van der Waals surface area contributed by atoms with E-state index >= 15 is 0 Å². The molecule has 102 valence electrons. The molecule has 0 aliphatic carbocycles. The summed E-state index contributed by atoms with van der Waals surface area (Å²) < 4.78 is 0. The molecule has 0 bridgehead atoms. The molecule has 0 saturated carbocycles. The SMILES string of the molecule is O=C(O)CN(C(=O)c1cnccn1)c1ccc(O)cc1. The van der Waals surface area contributed by atoms with Crippen molar-refractivity contribution in [3.05, 3.63) is 48.5 Å². The summed E-state index contributed by atoms with van der Waals surface area (Å²) in [6, 6.07) is 5.64. The molecule has 1 heterocycles. The molecule has 0 aliphatic rings. The van der Waals surface area contributed by atoms with Gasteiger partial charge in [-0.1, -0.05) is 0 Å². The topological polar surface area (TPSA) is 104 Å². The number of benzene rings is 1. The summed E-state index contributed by atoms with van der Waals surface area (Å²) in [5.41, 5.74) is 0.391. The summed E-state index contributed by atoms with van der Waals surface area (Å²) >= 11 is 0. The lowest BCUT2D eigenvalue weighted by Crippen LogP contribution is -2.36. The minimum absolute atomic E-state index is 0.0241. The fraction of sp³-hybridized carbons (Fsp3) is 0.0769. The highest BCUT2D eigenvalue weighted by Crippen LogP contribution is 2.19. The van der Waals surface area contributed by atoms with Crippen LogP contribution in [0.1, 0.15) is 10.5 Å². The highest BCUT2D eigenvalue weighted by molar-refractivity contribution is 6.06. The first-order chi connectivity index (χ1) is 9.58. The Labute approximate surface area is 114 Å². The highest BCUT2D eigenvalue weighted by atomic mass is 16.4. The average molecular weight is 273 g/mol. The molecule has 7 heteroatoms. The van der Waals surface area contributed by atoms with Crippen LogP contribution in [-0.4, -0.2) is 38.6 Å². The van der Waals surface area contributed by atoms with E-state index in [0.29, 0.717) is 5.69 Å². The Morgan fingerprint density at radius 2 is 1.85 bits per heavy atom. The third kappa shape index (κ3) is 3.08. The van der Waals surface area contributed by atoms with Gasteiger partial charge < -0.3 is 10.2 Å². The smallest absolute Gasteiger partial charge is 0.323 e. The van der Waals surface area contributed by atoms with Gasteiger partial charge in [-0.25, -0.2) is 4.98 Å². The third-order valence-electron chi connectivity index (χ3n) is 2.48. The lowest BCUT2D eigenvalue weighted by Gasteiger charge is -2.20. The summed E-state index contributed by atoms with van der Waals surface area (Å²) in [6.07, 6.45) is 4.03. The Hall–Kier alpha value is -2.96. The largest absolute Gasteiger partial charge is 0.508 e. The standard InChI is InChI=1S/C13H11N3O4/c17-10-3-1-9(2-4-10)16(8-12(18)19)13(20)11-7-14-5-6-15-11/h1-7,17H,8H2,(H,18,19). The Bertz CT molecular complexity index is 613. The molecule has 7 nitrogen and oxygen atoms in total. The summed E-state index contributed by atoms with van der Waals surface area (Å²) in [5.74, 6) is -1.71. The number of aromatic hydroxyl groups is 1. The first kappa shape index (κ1) is 13.5. The number of hydrogen-bond donors (Lipinski definition) is 2. The molecule has 2 N–H and O–H groups in total. The summed E-state index contributed by atoms with van der Waals surface area (Å²) in [4.78, 5) is 31.8. The zero-order valence-corrected chi connectivity index (χ0v) is 10.3. The first-order valence-electron chi connectivity index (χ1n) is 5.66. The number of aliphatic carboxylic acids is 1. The number of anilines is 1. The lowest BCUT2D eigenvalue weighted by atomic mass is 10.2. The molecule has 0 radical (unpaired) electrons. The number of rotatable bonds is 4. The molecule has 0 spiro atoms. The number of carboxylic acid groups (broad SMARTS) is 1. The number of carboxylic acids is 1. The van der Waals surface area contributed by atoms with E-state index < -0.39 is 18.4 Å². The fourth-order valence-corrected chi connectivity index (χ4v) is 1.60. The number of nitrogens with zero attached hydrogens (tertiary/aromatic N) is 3. The Morgan fingerprint density at radius 1 is 1.15 bits per heavy atom. The van der Waals surface area contributed by atoms with Crippen LogP contribution in [0.4, 0.5) is 5.69 Å². The van der Waals surface area contributed by atoms with E-state index in [2.05, 4.69) is 9.97 Å². The van der Waals surface area contributed by atoms with Crippen LogP contribution in [0.3, 0.4) is 0 Å². The summed E-state index contributed by atoms with van der Waals surface area (Å²) in [7, 11) is 0. The van der Waals surface area contributed by atoms with Gasteiger partial charge in [0.05, 0.1) is 6.20 Å². The van der Waals surface area contributed by atoms with Crippen LogP contribution >= 0.6 is 0 Å². The Balaban J connectivity index is 2.35. The molecule has 0 atom stereocenters. The number of hydrogen-bond acceptors (Lipinski definition) is 5. The van der Waals surface area contributed by atoms with Crippen molar-refractivity contribution >= 4 is 17.6 Å². The zero-order valence-electron chi connectivity index (χ0n) is 10.3. The third-order valence-corrected chi connectivity index (χ3v) is 2.48. The van der Waals surface area contributed by atoms with E-state index in [-0.39, 0.29) is 11.4 Å². The van der Waals surface area contributed by atoms with E-state index in [1.807, 2.05) is 0 Å². The van der Waals surface area contributed by atoms with Gasteiger partial charge in [0.25, 0.3) is 5.91 Å². The van der Waals surface area contributed by atoms with Crippen molar-refractivity contribution in [2.75, 3.05) is 11.4 Å². The van der Waals surface area contributed by atoms with Crippen molar-refractivity contribution in [3.63, 3.8) is 0 Å². The van der Waals surface area contributed by atoms with E-state index in [1.54, 1.807) is 0 Å². The second-order valence-corrected chi connectivity index (χ2v) is 3.89. The molecule has 0 fully saturated rings. The first-order valence-corrected chi connectivity index (χ1v) is 5.66. The van der Waals surface area contributed by atoms with Gasteiger partial charge in [0.15, 0.2) is 0 Å². The number of carbonyl (C=O) groups is 2. The van der Waals surface area contributed by atoms with E-state index in [4.69, 9.17) is 5.11 Å². The molecular formula is C13H11N3O4. The van der Waals surface area contributed by atoms with E-state index in [0.717, 1.165) is 4.90 Å². The number of phenols is 1. The second-order valence-electron chi connectivity index (χ2n) is 3.89. The fourth-order valence-electron chi connectivity index (χ4n) is 1.60. The van der Waals surface area contributed by atoms with Crippen LogP contribution in [0.2, 0.25) is 0 Å². The van der Waals surface area contributed by atoms with Crippen LogP contribution in [0.25, 0.3) is 0 Å². The predicted molar refractivity (Wildman–Crippen MR) is 69.5 cm³/mol. The second kappa shape index (κ2) is 5.79. The van der Waals surface area contributed by atoms with Crippen LogP contribution in [-0.2, 0) is 4.79 Å². The van der Waals surface area contributed by atoms with Gasteiger partial charge in [-0.3, -0.25) is 19.5 Å². The Morgan fingerprint density at radius 3 is 2.40 bits per heavy atom. The molecule has 20 heavy (non-hydrogen) atoms. The summed E-state index contributed by atoms with van der Waals surface area (Å²) in [6.45, 7) is -0.514. The maximum absolute atomic E-state index is 12.3. The monoisotopic (exact) mass is 273 g/mol. The van der Waals surface area contributed by atoms with Crippen LogP contribution in [0.5, 0.6) is 5.75 Å². The lowest BCUT2D eigenvalue weighted by molar-refractivity contribution is -0.135. The maximum atomic E-state index is 12.3. The molecule has 2 aromatic rings. The van der Waals surface area contributed by atoms with Crippen molar-refractivity contribution in [3.8, 4) is 5.75 Å². The van der Waals surface area contributed by atoms with Gasteiger partial charge >= 0.3 is 5.97 Å². The Kier molecular flexibility index (Phi) is 3.90. The van der Waals surface area contributed by atoms with Crippen LogP contribution < -0.4 is 4.90 Å². The predicted octanol–water partition coefficient (Wildman–Crippen LogP) is 0.914. The van der Waals surface area contributed by atoms with Crippen molar-refractivity contribution in [1.29, 1.82) is 0 Å². The number of aromatic nitrogens is 2. The number of phenolic OH excluding ortho intramolecular Hbond substituents is 1. The molecular weight excluding hydrogens is 262 g/mol. The molecule has 0 aliphatic heterocycles. The minimum atomic E-state index is -1.16. The van der Waals surface area contributed by atoms with Crippen molar-refractivity contribution in [2.45, 2.75) is 0 Å². The molecule has 0 saturated heterocycles. The molecule has 1 aromatic heterocycles. The molecule has 1 aromatic carbocycles. The average Bonchev–Trinajstić information content (AvgIpc) is 2.46. The minimum Gasteiger partial charge on any atom is -0.508 e.